The van der Waals surface area contributed by atoms with Crippen molar-refractivity contribution in [3.63, 3.8) is 0 Å². The number of amides is 1. The lowest BCUT2D eigenvalue weighted by Gasteiger charge is -2.09. The van der Waals surface area contributed by atoms with E-state index in [0.717, 1.165) is 18.2 Å². The van der Waals surface area contributed by atoms with Crippen LogP contribution in [0.4, 0.5) is 14.9 Å². The Bertz CT molecular complexity index is 546. The van der Waals surface area contributed by atoms with E-state index in [2.05, 4.69) is 4.74 Å². The molecule has 0 heterocycles. The number of carbonyl (C=O) groups excluding carboxylic acids is 1. The number of benzene rings is 1. The van der Waals surface area contributed by atoms with Crippen molar-refractivity contribution < 1.29 is 27.4 Å². The fraction of sp³-hybridized carbons (Fsp3) is 0.222. The third-order valence-corrected chi connectivity index (χ3v) is 2.61. The molecule has 9 heteroatoms. The summed E-state index contributed by atoms with van der Waals surface area (Å²) in [7, 11) is -4.29. The first-order valence-corrected chi connectivity index (χ1v) is 6.28. The van der Waals surface area contributed by atoms with Gasteiger partial charge in [0.1, 0.15) is 5.75 Å². The third kappa shape index (κ3) is 4.09. The topological polar surface area (TPSA) is 105 Å². The van der Waals surface area contributed by atoms with E-state index in [1.54, 1.807) is 4.72 Å². The first-order valence-electron chi connectivity index (χ1n) is 4.80. The van der Waals surface area contributed by atoms with Crippen LogP contribution in [0.2, 0.25) is 0 Å². The maximum absolute atomic E-state index is 13.2. The first-order chi connectivity index (χ1) is 8.34. The van der Waals surface area contributed by atoms with Gasteiger partial charge in [0.15, 0.2) is 5.82 Å². The SMILES string of the molecule is CCOC(=O)NS(=O)(=O)Nc1ccc(O)cc1F. The number of nitrogens with one attached hydrogen (secondary N) is 2. The molecule has 0 atom stereocenters. The maximum Gasteiger partial charge on any atom is 0.422 e. The molecule has 0 aromatic heterocycles. The van der Waals surface area contributed by atoms with Crippen LogP contribution < -0.4 is 9.44 Å². The molecule has 0 aliphatic heterocycles. The summed E-state index contributed by atoms with van der Waals surface area (Å²) in [4.78, 5) is 10.9. The summed E-state index contributed by atoms with van der Waals surface area (Å²) in [5.41, 5.74) is -0.412. The number of hydrogen-bond donors (Lipinski definition) is 3. The van der Waals surface area contributed by atoms with Crippen LogP contribution in [0.1, 0.15) is 6.92 Å². The average molecular weight is 278 g/mol. The molecular formula is C9H11FN2O5S. The van der Waals surface area contributed by atoms with Gasteiger partial charge in [0.05, 0.1) is 12.3 Å². The Morgan fingerprint density at radius 2 is 2.17 bits per heavy atom. The Labute approximate surface area is 103 Å². The molecule has 7 nitrogen and oxygen atoms in total. The lowest BCUT2D eigenvalue weighted by atomic mass is 10.3. The minimum Gasteiger partial charge on any atom is -0.508 e. The number of anilines is 1. The Balaban J connectivity index is 2.79. The smallest absolute Gasteiger partial charge is 0.422 e. The zero-order valence-corrected chi connectivity index (χ0v) is 10.1. The van der Waals surface area contributed by atoms with E-state index >= 15 is 0 Å². The van der Waals surface area contributed by atoms with E-state index in [4.69, 9.17) is 5.11 Å². The predicted octanol–water partition coefficient (Wildman–Crippen LogP) is 0.934. The van der Waals surface area contributed by atoms with Crippen LogP contribution in [0.3, 0.4) is 0 Å². The molecule has 0 aliphatic carbocycles. The minimum absolute atomic E-state index is 0.00504. The summed E-state index contributed by atoms with van der Waals surface area (Å²) < 4.78 is 43.6. The standard InChI is InChI=1S/C9H11FN2O5S/c1-2-17-9(14)12-18(15,16)11-8-4-3-6(13)5-7(8)10/h3-5,11,13H,2H2,1H3,(H,12,14). The summed E-state index contributed by atoms with van der Waals surface area (Å²) in [5.74, 6) is -1.34. The normalized spacial score (nSPS) is 10.8. The summed E-state index contributed by atoms with van der Waals surface area (Å²) >= 11 is 0. The van der Waals surface area contributed by atoms with Crippen molar-refractivity contribution in [2.45, 2.75) is 6.92 Å². The second kappa shape index (κ2) is 5.54. The highest BCUT2D eigenvalue weighted by Gasteiger charge is 2.17. The molecule has 1 aromatic rings. The van der Waals surface area contributed by atoms with E-state index in [1.165, 1.54) is 11.6 Å². The third-order valence-electron chi connectivity index (χ3n) is 1.69. The summed E-state index contributed by atoms with van der Waals surface area (Å²) in [6, 6.07) is 2.82. The molecule has 0 radical (unpaired) electrons. The molecule has 1 rings (SSSR count). The minimum atomic E-state index is -4.29. The summed E-state index contributed by atoms with van der Waals surface area (Å²) in [5, 5.41) is 8.94. The van der Waals surface area contributed by atoms with Gasteiger partial charge in [0, 0.05) is 6.07 Å². The first kappa shape index (κ1) is 14.0. The van der Waals surface area contributed by atoms with Crippen LogP contribution in [0.5, 0.6) is 5.75 Å². The predicted molar refractivity (Wildman–Crippen MR) is 60.8 cm³/mol. The quantitative estimate of drug-likeness (QED) is 0.711. The van der Waals surface area contributed by atoms with Gasteiger partial charge >= 0.3 is 16.3 Å². The van der Waals surface area contributed by atoms with E-state index in [-0.39, 0.29) is 12.4 Å². The molecule has 1 aromatic carbocycles. The fourth-order valence-corrected chi connectivity index (χ4v) is 1.81. The Kier molecular flexibility index (Phi) is 4.32. The van der Waals surface area contributed by atoms with Crippen LogP contribution in [0.15, 0.2) is 18.2 Å². The van der Waals surface area contributed by atoms with Gasteiger partial charge < -0.3 is 9.84 Å². The van der Waals surface area contributed by atoms with Gasteiger partial charge in [-0.25, -0.2) is 13.9 Å². The number of carbonyl (C=O) groups is 1. The second-order valence-electron chi connectivity index (χ2n) is 3.09. The van der Waals surface area contributed by atoms with Gasteiger partial charge in [-0.15, -0.1) is 0 Å². The van der Waals surface area contributed by atoms with Crippen molar-refractivity contribution in [3.8, 4) is 5.75 Å². The molecule has 1 amide bonds. The average Bonchev–Trinajstić information content (AvgIpc) is 2.21. The largest absolute Gasteiger partial charge is 0.508 e. The Morgan fingerprint density at radius 3 is 2.72 bits per heavy atom. The molecular weight excluding hydrogens is 267 g/mol. The lowest BCUT2D eigenvalue weighted by Crippen LogP contribution is -2.35. The van der Waals surface area contributed by atoms with E-state index in [1.807, 2.05) is 0 Å². The molecule has 0 bridgehead atoms. The zero-order valence-electron chi connectivity index (χ0n) is 9.31. The fourth-order valence-electron chi connectivity index (χ4n) is 1.03. The van der Waals surface area contributed by atoms with Gasteiger partial charge in [0.25, 0.3) is 0 Å². The van der Waals surface area contributed by atoms with E-state index in [9.17, 15) is 17.6 Å². The summed E-state index contributed by atoms with van der Waals surface area (Å²) in [6.45, 7) is 1.49. The van der Waals surface area contributed by atoms with Crippen molar-refractivity contribution in [2.24, 2.45) is 0 Å². The maximum atomic E-state index is 13.2. The molecule has 0 spiro atoms. The highest BCUT2D eigenvalue weighted by Crippen LogP contribution is 2.19. The Morgan fingerprint density at radius 1 is 1.50 bits per heavy atom. The van der Waals surface area contributed by atoms with Crippen molar-refractivity contribution in [2.75, 3.05) is 11.3 Å². The number of phenols is 1. The number of ether oxygens (including phenoxy) is 1. The van der Waals surface area contributed by atoms with Crippen molar-refractivity contribution >= 4 is 22.0 Å². The number of hydrogen-bond acceptors (Lipinski definition) is 5. The van der Waals surface area contributed by atoms with Gasteiger partial charge in [-0.1, -0.05) is 0 Å². The number of aromatic hydroxyl groups is 1. The van der Waals surface area contributed by atoms with E-state index < -0.39 is 27.8 Å². The Hall–Kier alpha value is -2.03. The molecule has 18 heavy (non-hydrogen) atoms. The van der Waals surface area contributed by atoms with Crippen molar-refractivity contribution in [1.82, 2.24) is 4.72 Å². The number of phenolic OH excluding ortho intramolecular Hbond substituents is 1. The monoisotopic (exact) mass is 278 g/mol. The molecule has 0 aliphatic rings. The summed E-state index contributed by atoms with van der Waals surface area (Å²) in [6.07, 6.45) is -1.18. The second-order valence-corrected chi connectivity index (χ2v) is 4.51. The number of halogens is 1. The van der Waals surface area contributed by atoms with Crippen LogP contribution >= 0.6 is 0 Å². The van der Waals surface area contributed by atoms with Crippen molar-refractivity contribution in [3.05, 3.63) is 24.0 Å². The van der Waals surface area contributed by atoms with Crippen LogP contribution in [0.25, 0.3) is 0 Å². The molecule has 0 fully saturated rings. The zero-order chi connectivity index (χ0) is 13.8. The van der Waals surface area contributed by atoms with Gasteiger partial charge in [-0.05, 0) is 19.1 Å². The van der Waals surface area contributed by atoms with Crippen LogP contribution in [-0.4, -0.2) is 26.2 Å². The highest BCUT2D eigenvalue weighted by molar-refractivity contribution is 7.91. The lowest BCUT2D eigenvalue weighted by molar-refractivity contribution is 0.159. The number of rotatable bonds is 4. The highest BCUT2D eigenvalue weighted by atomic mass is 32.2. The molecule has 0 saturated carbocycles. The van der Waals surface area contributed by atoms with Gasteiger partial charge in [-0.3, -0.25) is 4.72 Å². The molecule has 3 N–H and O–H groups in total. The van der Waals surface area contributed by atoms with Gasteiger partial charge in [-0.2, -0.15) is 8.42 Å². The molecule has 0 saturated heterocycles. The van der Waals surface area contributed by atoms with Crippen LogP contribution in [-0.2, 0) is 14.9 Å². The van der Waals surface area contributed by atoms with Crippen molar-refractivity contribution in [1.29, 1.82) is 0 Å². The molecule has 0 unspecified atom stereocenters. The van der Waals surface area contributed by atoms with E-state index in [0.29, 0.717) is 0 Å². The van der Waals surface area contributed by atoms with Crippen LogP contribution in [0, 0.1) is 5.82 Å². The molecule has 100 valence electrons. The van der Waals surface area contributed by atoms with Gasteiger partial charge in [0.2, 0.25) is 0 Å².